The van der Waals surface area contributed by atoms with Crippen LogP contribution < -0.4 is 4.72 Å². The third-order valence-corrected chi connectivity index (χ3v) is 6.94. The van der Waals surface area contributed by atoms with E-state index in [0.29, 0.717) is 9.90 Å². The van der Waals surface area contributed by atoms with Gasteiger partial charge in [0.05, 0.1) is 0 Å². The van der Waals surface area contributed by atoms with Crippen molar-refractivity contribution in [2.45, 2.75) is 24.5 Å². The Kier molecular flexibility index (Phi) is 4.52. The van der Waals surface area contributed by atoms with Crippen molar-refractivity contribution < 1.29 is 8.42 Å². The summed E-state index contributed by atoms with van der Waals surface area (Å²) in [7, 11) is -3.47. The average Bonchev–Trinajstić information content (AvgIpc) is 2.83. The number of halogens is 1. The van der Waals surface area contributed by atoms with Gasteiger partial charge in [-0.1, -0.05) is 13.0 Å². The van der Waals surface area contributed by atoms with E-state index in [1.54, 1.807) is 12.1 Å². The van der Waals surface area contributed by atoms with Gasteiger partial charge < -0.3 is 0 Å². The molecule has 1 aromatic carbocycles. The fourth-order valence-corrected chi connectivity index (χ4v) is 4.41. The normalized spacial score (nSPS) is 11.5. The van der Waals surface area contributed by atoms with Gasteiger partial charge in [0.25, 0.3) is 10.0 Å². The zero-order chi connectivity index (χ0) is 14.0. The van der Waals surface area contributed by atoms with Crippen LogP contribution in [0.4, 0.5) is 5.69 Å². The predicted octanol–water partition coefficient (Wildman–Crippen LogP) is 4.02. The van der Waals surface area contributed by atoms with Gasteiger partial charge in [0, 0.05) is 14.1 Å². The summed E-state index contributed by atoms with van der Waals surface area (Å²) in [6.45, 7) is 4.00. The van der Waals surface area contributed by atoms with E-state index in [1.165, 1.54) is 11.3 Å². The number of benzene rings is 1. The van der Waals surface area contributed by atoms with E-state index in [9.17, 15) is 8.42 Å². The Morgan fingerprint density at radius 2 is 2.00 bits per heavy atom. The highest BCUT2D eigenvalue weighted by molar-refractivity contribution is 14.1. The van der Waals surface area contributed by atoms with E-state index in [-0.39, 0.29) is 0 Å². The maximum Gasteiger partial charge on any atom is 0.271 e. The lowest BCUT2D eigenvalue weighted by Crippen LogP contribution is -2.11. The first-order valence-corrected chi connectivity index (χ1v) is 9.18. The first kappa shape index (κ1) is 14.8. The Bertz CT molecular complexity index is 692. The van der Waals surface area contributed by atoms with Gasteiger partial charge in [0.1, 0.15) is 4.21 Å². The van der Waals surface area contributed by atoms with Crippen molar-refractivity contribution in [1.29, 1.82) is 0 Å². The van der Waals surface area contributed by atoms with Crippen molar-refractivity contribution in [2.75, 3.05) is 4.72 Å². The molecular formula is C13H14INO2S2. The molecule has 2 rings (SSSR count). The Hall–Kier alpha value is -0.600. The quantitative estimate of drug-likeness (QED) is 0.779. The molecule has 6 heteroatoms. The number of thiophene rings is 1. The molecule has 0 atom stereocenters. The fourth-order valence-electron chi connectivity index (χ4n) is 1.55. The zero-order valence-electron chi connectivity index (χ0n) is 10.6. The molecule has 0 unspecified atom stereocenters. The summed E-state index contributed by atoms with van der Waals surface area (Å²) in [6, 6.07) is 9.04. The lowest BCUT2D eigenvalue weighted by Gasteiger charge is -2.07. The molecule has 0 saturated carbocycles. The standard InChI is InChI=1S/C13H14INO2S2/c1-3-11-6-7-13(18-11)19(16,17)15-10-5-4-9(2)12(14)8-10/h4-8,15H,3H2,1-2H3. The van der Waals surface area contributed by atoms with Crippen molar-refractivity contribution in [3.63, 3.8) is 0 Å². The van der Waals surface area contributed by atoms with E-state index in [4.69, 9.17) is 0 Å². The van der Waals surface area contributed by atoms with Gasteiger partial charge in [-0.2, -0.15) is 0 Å². The summed E-state index contributed by atoms with van der Waals surface area (Å²) >= 11 is 3.51. The van der Waals surface area contributed by atoms with E-state index in [0.717, 1.165) is 20.4 Å². The molecule has 0 radical (unpaired) electrons. The molecule has 1 N–H and O–H groups in total. The number of nitrogens with one attached hydrogen (secondary N) is 1. The minimum Gasteiger partial charge on any atom is -0.279 e. The minimum absolute atomic E-state index is 0.361. The first-order chi connectivity index (χ1) is 8.92. The van der Waals surface area contributed by atoms with Gasteiger partial charge in [0.15, 0.2) is 0 Å². The van der Waals surface area contributed by atoms with Crippen molar-refractivity contribution in [2.24, 2.45) is 0 Å². The van der Waals surface area contributed by atoms with Crippen LogP contribution in [0.25, 0.3) is 0 Å². The topological polar surface area (TPSA) is 46.2 Å². The van der Waals surface area contributed by atoms with Crippen LogP contribution in [0.15, 0.2) is 34.5 Å². The van der Waals surface area contributed by atoms with Gasteiger partial charge in [-0.05, 0) is 65.8 Å². The van der Waals surface area contributed by atoms with Crippen LogP contribution >= 0.6 is 33.9 Å². The van der Waals surface area contributed by atoms with Gasteiger partial charge in [-0.25, -0.2) is 8.42 Å². The highest BCUT2D eigenvalue weighted by Gasteiger charge is 2.16. The molecule has 0 spiro atoms. The molecule has 0 aliphatic carbocycles. The van der Waals surface area contributed by atoms with Crippen LogP contribution in [-0.4, -0.2) is 8.42 Å². The molecule has 1 heterocycles. The second-order valence-corrected chi connectivity index (χ2v) is 8.38. The highest BCUT2D eigenvalue weighted by Crippen LogP contribution is 2.25. The molecule has 0 saturated heterocycles. The average molecular weight is 407 g/mol. The molecule has 19 heavy (non-hydrogen) atoms. The first-order valence-electron chi connectivity index (χ1n) is 5.80. The number of sulfonamides is 1. The smallest absolute Gasteiger partial charge is 0.271 e. The molecule has 2 aromatic rings. The van der Waals surface area contributed by atoms with E-state index < -0.39 is 10.0 Å². The van der Waals surface area contributed by atoms with E-state index in [1.807, 2.05) is 32.0 Å². The van der Waals surface area contributed by atoms with Crippen LogP contribution in [0.3, 0.4) is 0 Å². The van der Waals surface area contributed by atoms with Crippen LogP contribution in [0.1, 0.15) is 17.4 Å². The molecule has 102 valence electrons. The Labute approximate surface area is 131 Å². The van der Waals surface area contributed by atoms with Gasteiger partial charge in [0.2, 0.25) is 0 Å². The summed E-state index contributed by atoms with van der Waals surface area (Å²) in [5, 5.41) is 0. The number of rotatable bonds is 4. The van der Waals surface area contributed by atoms with Gasteiger partial charge in [-0.3, -0.25) is 4.72 Å². The van der Waals surface area contributed by atoms with Crippen LogP contribution in [-0.2, 0) is 16.4 Å². The number of hydrogen-bond acceptors (Lipinski definition) is 3. The third-order valence-electron chi connectivity index (χ3n) is 2.67. The Morgan fingerprint density at radius 3 is 2.58 bits per heavy atom. The number of aryl methyl sites for hydroxylation is 2. The predicted molar refractivity (Wildman–Crippen MR) is 88.4 cm³/mol. The Balaban J connectivity index is 2.28. The lowest BCUT2D eigenvalue weighted by atomic mass is 10.2. The number of hydrogen-bond donors (Lipinski definition) is 1. The lowest BCUT2D eigenvalue weighted by molar-refractivity contribution is 0.603. The Morgan fingerprint density at radius 1 is 1.26 bits per heavy atom. The second-order valence-electron chi connectivity index (χ2n) is 4.14. The summed E-state index contributed by atoms with van der Waals surface area (Å²) in [5.74, 6) is 0. The van der Waals surface area contributed by atoms with Gasteiger partial charge >= 0.3 is 0 Å². The van der Waals surface area contributed by atoms with Crippen LogP contribution in [0.2, 0.25) is 0 Å². The summed E-state index contributed by atoms with van der Waals surface area (Å²) < 4.78 is 28.5. The summed E-state index contributed by atoms with van der Waals surface area (Å²) in [6.07, 6.45) is 0.850. The molecule has 0 fully saturated rings. The maximum absolute atomic E-state index is 12.2. The molecule has 3 nitrogen and oxygen atoms in total. The molecule has 0 amide bonds. The van der Waals surface area contributed by atoms with Crippen molar-refractivity contribution in [3.8, 4) is 0 Å². The summed E-state index contributed by atoms with van der Waals surface area (Å²) in [4.78, 5) is 1.07. The SMILES string of the molecule is CCc1ccc(S(=O)(=O)Nc2ccc(C)c(I)c2)s1. The van der Waals surface area contributed by atoms with Crippen LogP contribution in [0.5, 0.6) is 0 Å². The van der Waals surface area contributed by atoms with Crippen LogP contribution in [0, 0.1) is 10.5 Å². The zero-order valence-corrected chi connectivity index (χ0v) is 14.4. The summed E-state index contributed by atoms with van der Waals surface area (Å²) in [5.41, 5.74) is 1.73. The third kappa shape index (κ3) is 3.49. The van der Waals surface area contributed by atoms with Gasteiger partial charge in [-0.15, -0.1) is 11.3 Å². The maximum atomic E-state index is 12.2. The fraction of sp³-hybridized carbons (Fsp3) is 0.231. The molecule has 0 aliphatic heterocycles. The molecule has 0 bridgehead atoms. The largest absolute Gasteiger partial charge is 0.279 e. The van der Waals surface area contributed by atoms with E-state index in [2.05, 4.69) is 27.3 Å². The van der Waals surface area contributed by atoms with E-state index >= 15 is 0 Å². The van der Waals surface area contributed by atoms with Crippen molar-refractivity contribution >= 4 is 49.6 Å². The van der Waals surface area contributed by atoms with Crippen molar-refractivity contribution in [3.05, 3.63) is 44.3 Å². The molecule has 1 aromatic heterocycles. The number of anilines is 1. The minimum atomic E-state index is -3.47. The van der Waals surface area contributed by atoms with Crippen molar-refractivity contribution in [1.82, 2.24) is 0 Å². The molecule has 0 aliphatic rings. The molecular weight excluding hydrogens is 393 g/mol. The second kappa shape index (κ2) is 5.80. The monoisotopic (exact) mass is 407 g/mol. The highest BCUT2D eigenvalue weighted by atomic mass is 127.